The predicted molar refractivity (Wildman–Crippen MR) is 75.5 cm³/mol. The van der Waals surface area contributed by atoms with E-state index in [2.05, 4.69) is 15.1 Å². The van der Waals surface area contributed by atoms with Gasteiger partial charge in [0.1, 0.15) is 11.1 Å². The first-order chi connectivity index (χ1) is 10.0. The summed E-state index contributed by atoms with van der Waals surface area (Å²) < 4.78 is 15.5. The first-order valence-electron chi connectivity index (χ1n) is 5.92. The third-order valence-corrected chi connectivity index (χ3v) is 3.48. The van der Waals surface area contributed by atoms with Crippen molar-refractivity contribution in [3.05, 3.63) is 29.8 Å². The maximum Gasteiger partial charge on any atom is 0.339 e. The molecular formula is C12H10FN5O2S. The van der Waals surface area contributed by atoms with Crippen LogP contribution in [0.2, 0.25) is 0 Å². The molecule has 0 fully saturated rings. The highest BCUT2D eigenvalue weighted by atomic mass is 32.2. The lowest BCUT2D eigenvalue weighted by molar-refractivity contribution is 0.0699. The highest BCUT2D eigenvalue weighted by Gasteiger charge is 2.19. The fraction of sp³-hybridized carbons (Fsp3) is 0.167. The number of carbonyl (C=O) groups is 1. The second-order valence-corrected chi connectivity index (χ2v) is 5.00. The van der Waals surface area contributed by atoms with Crippen molar-refractivity contribution >= 4 is 29.5 Å². The Balaban J connectivity index is 2.26. The number of carboxylic acid groups (broad SMARTS) is 1. The van der Waals surface area contributed by atoms with Gasteiger partial charge in [0.2, 0.25) is 0 Å². The van der Waals surface area contributed by atoms with Gasteiger partial charge < -0.3 is 5.11 Å². The number of aromatic nitrogens is 5. The summed E-state index contributed by atoms with van der Waals surface area (Å²) in [6.45, 7) is 1.82. The minimum Gasteiger partial charge on any atom is -0.478 e. The molecule has 0 aliphatic rings. The Morgan fingerprint density at radius 1 is 1.43 bits per heavy atom. The number of fused-ring (bicyclic) bond motifs is 1. The van der Waals surface area contributed by atoms with E-state index in [0.29, 0.717) is 5.69 Å². The first kappa shape index (κ1) is 13.6. The zero-order valence-electron chi connectivity index (χ0n) is 11.1. The smallest absolute Gasteiger partial charge is 0.339 e. The maximum atomic E-state index is 12.8. The van der Waals surface area contributed by atoms with Gasteiger partial charge in [-0.05, 0) is 6.92 Å². The highest BCUT2D eigenvalue weighted by molar-refractivity contribution is 7.92. The van der Waals surface area contributed by atoms with Crippen LogP contribution in [0.25, 0.3) is 22.4 Å². The lowest BCUT2D eigenvalue weighted by Gasteiger charge is -2.00. The quantitative estimate of drug-likeness (QED) is 0.798. The van der Waals surface area contributed by atoms with Gasteiger partial charge >= 0.3 is 5.97 Å². The van der Waals surface area contributed by atoms with Crippen molar-refractivity contribution in [3.8, 4) is 11.3 Å². The Hall–Kier alpha value is -2.42. The molecule has 0 saturated heterocycles. The molecule has 108 valence electrons. The van der Waals surface area contributed by atoms with Crippen LogP contribution in [-0.4, -0.2) is 34.8 Å². The molecule has 21 heavy (non-hydrogen) atoms. The van der Waals surface area contributed by atoms with Gasteiger partial charge in [0.15, 0.2) is 18.0 Å². The molecule has 3 rings (SSSR count). The van der Waals surface area contributed by atoms with Crippen molar-refractivity contribution in [1.82, 2.24) is 23.7 Å². The largest absolute Gasteiger partial charge is 0.478 e. The topological polar surface area (TPSA) is 85.8 Å². The molecule has 3 heterocycles. The molecule has 0 atom stereocenters. The molecule has 0 spiro atoms. The third-order valence-electron chi connectivity index (χ3n) is 3.06. The number of halogens is 1. The number of aromatic carboxylic acids is 1. The highest BCUT2D eigenvalue weighted by Crippen LogP contribution is 2.27. The van der Waals surface area contributed by atoms with Crippen LogP contribution >= 0.6 is 12.3 Å². The lowest BCUT2D eigenvalue weighted by Crippen LogP contribution is -1.96. The summed E-state index contributed by atoms with van der Waals surface area (Å²) >= 11 is -0.120. The van der Waals surface area contributed by atoms with Gasteiger partial charge in [-0.25, -0.2) is 18.7 Å². The first-order valence-corrected chi connectivity index (χ1v) is 6.59. The van der Waals surface area contributed by atoms with E-state index in [-0.39, 0.29) is 29.1 Å². The van der Waals surface area contributed by atoms with Crippen LogP contribution in [0.3, 0.4) is 0 Å². The summed E-state index contributed by atoms with van der Waals surface area (Å²) in [5.74, 6) is -1.18. The summed E-state index contributed by atoms with van der Waals surface area (Å²) in [5, 5.41) is 13.4. The van der Waals surface area contributed by atoms with E-state index in [1.807, 2.05) is 6.92 Å². The van der Waals surface area contributed by atoms with Crippen LogP contribution in [0.1, 0.15) is 16.1 Å². The van der Waals surface area contributed by atoms with E-state index in [0.717, 1.165) is 21.4 Å². The second-order valence-electron chi connectivity index (χ2n) is 4.47. The van der Waals surface area contributed by atoms with Crippen molar-refractivity contribution in [2.45, 2.75) is 6.92 Å². The number of rotatable bonds is 3. The van der Waals surface area contributed by atoms with Crippen LogP contribution in [0.5, 0.6) is 0 Å². The Bertz CT molecular complexity index is 857. The summed E-state index contributed by atoms with van der Waals surface area (Å²) in [6, 6.07) is 0. The Morgan fingerprint density at radius 2 is 2.19 bits per heavy atom. The Labute approximate surface area is 122 Å². The maximum absolute atomic E-state index is 12.8. The van der Waals surface area contributed by atoms with Crippen LogP contribution in [0.15, 0.2) is 18.6 Å². The standard InChI is InChI=1S/C12H10FN5O2S/c1-6-7(4-17(2)16-6)9-3-14-11-10(15-9)8(12(19)20)5-18(11)21-13/h3-5H,1-2H3,(H,19,20). The van der Waals surface area contributed by atoms with E-state index in [4.69, 9.17) is 0 Å². The van der Waals surface area contributed by atoms with Crippen molar-refractivity contribution < 1.29 is 13.8 Å². The van der Waals surface area contributed by atoms with Crippen molar-refractivity contribution in [2.24, 2.45) is 7.05 Å². The summed E-state index contributed by atoms with van der Waals surface area (Å²) in [4.78, 5) is 19.7. The van der Waals surface area contributed by atoms with Gasteiger partial charge in [-0.2, -0.15) is 5.10 Å². The van der Waals surface area contributed by atoms with Crippen LogP contribution in [0.4, 0.5) is 3.89 Å². The summed E-state index contributed by atoms with van der Waals surface area (Å²) in [6.07, 6.45) is 4.41. The van der Waals surface area contributed by atoms with Gasteiger partial charge in [-0.1, -0.05) is 0 Å². The van der Waals surface area contributed by atoms with Gasteiger partial charge in [0.05, 0.1) is 17.6 Å². The minimum atomic E-state index is -1.18. The zero-order chi connectivity index (χ0) is 15.1. The Kier molecular flexibility index (Phi) is 3.13. The van der Waals surface area contributed by atoms with Crippen LogP contribution in [-0.2, 0) is 7.05 Å². The fourth-order valence-corrected chi connectivity index (χ4v) is 2.50. The summed E-state index contributed by atoms with van der Waals surface area (Å²) in [5.41, 5.74) is 2.23. The van der Waals surface area contributed by atoms with Gasteiger partial charge in [-0.15, -0.1) is 3.89 Å². The molecule has 3 aromatic heterocycles. The molecule has 7 nitrogen and oxygen atoms in total. The van der Waals surface area contributed by atoms with E-state index >= 15 is 0 Å². The molecule has 0 amide bonds. The number of hydrogen-bond acceptors (Lipinski definition) is 5. The number of carboxylic acids is 1. The molecule has 0 aromatic carbocycles. The number of aryl methyl sites for hydroxylation is 2. The van der Waals surface area contributed by atoms with Gasteiger partial charge in [-0.3, -0.25) is 4.68 Å². The van der Waals surface area contributed by atoms with E-state index in [9.17, 15) is 13.8 Å². The van der Waals surface area contributed by atoms with Gasteiger partial charge in [0, 0.05) is 25.0 Å². The third kappa shape index (κ3) is 2.15. The molecule has 0 saturated carbocycles. The van der Waals surface area contributed by atoms with Crippen molar-refractivity contribution in [1.29, 1.82) is 0 Å². The Morgan fingerprint density at radius 3 is 2.76 bits per heavy atom. The van der Waals surface area contributed by atoms with Crippen molar-refractivity contribution in [3.63, 3.8) is 0 Å². The molecule has 0 aliphatic heterocycles. The number of nitrogens with zero attached hydrogens (tertiary/aromatic N) is 5. The van der Waals surface area contributed by atoms with Crippen molar-refractivity contribution in [2.75, 3.05) is 0 Å². The molecule has 1 N–H and O–H groups in total. The van der Waals surface area contributed by atoms with E-state index < -0.39 is 5.97 Å². The van der Waals surface area contributed by atoms with Crippen LogP contribution < -0.4 is 0 Å². The van der Waals surface area contributed by atoms with Gasteiger partial charge in [0.25, 0.3) is 0 Å². The number of hydrogen-bond donors (Lipinski definition) is 1. The average Bonchev–Trinajstić information content (AvgIpc) is 2.98. The fourth-order valence-electron chi connectivity index (χ4n) is 2.15. The van der Waals surface area contributed by atoms with Crippen LogP contribution in [0, 0.1) is 6.92 Å². The monoisotopic (exact) mass is 307 g/mol. The van der Waals surface area contributed by atoms with E-state index in [1.54, 1.807) is 17.9 Å². The van der Waals surface area contributed by atoms with E-state index in [1.165, 1.54) is 6.20 Å². The average molecular weight is 307 g/mol. The molecule has 0 radical (unpaired) electrons. The second kappa shape index (κ2) is 4.85. The summed E-state index contributed by atoms with van der Waals surface area (Å²) in [7, 11) is 1.78. The molecule has 0 aliphatic carbocycles. The zero-order valence-corrected chi connectivity index (χ0v) is 11.9. The molecular weight excluding hydrogens is 297 g/mol. The SMILES string of the molecule is Cc1nn(C)cc1-c1cnc2c(n1)c(C(=O)O)cn2SF. The molecule has 3 aromatic rings. The predicted octanol–water partition coefficient (Wildman–Crippen LogP) is 2.22. The molecule has 0 bridgehead atoms. The minimum absolute atomic E-state index is 0.0916. The normalized spacial score (nSPS) is 11.2. The molecule has 9 heteroatoms. The lowest BCUT2D eigenvalue weighted by atomic mass is 10.2. The molecule has 0 unspecified atom stereocenters.